The van der Waals surface area contributed by atoms with Crippen molar-refractivity contribution in [3.8, 4) is 0 Å². The first-order valence-corrected chi connectivity index (χ1v) is 5.96. The summed E-state index contributed by atoms with van der Waals surface area (Å²) >= 11 is 0. The van der Waals surface area contributed by atoms with Crippen molar-refractivity contribution in [1.82, 2.24) is 0 Å². The Balaban J connectivity index is 2.79. The first-order chi connectivity index (χ1) is 7.01. The second kappa shape index (κ2) is 4.81. The van der Waals surface area contributed by atoms with Crippen molar-refractivity contribution in [2.24, 2.45) is 11.1 Å². The molecule has 0 amide bonds. The molecule has 0 heterocycles. The highest BCUT2D eigenvalue weighted by atomic mass is 16.5. The highest BCUT2D eigenvalue weighted by Gasteiger charge is 2.47. The van der Waals surface area contributed by atoms with E-state index in [9.17, 15) is 5.11 Å². The molecule has 1 aliphatic rings. The van der Waals surface area contributed by atoms with E-state index in [0.29, 0.717) is 6.54 Å². The highest BCUT2D eigenvalue weighted by molar-refractivity contribution is 4.99. The summed E-state index contributed by atoms with van der Waals surface area (Å²) < 4.78 is 5.37. The van der Waals surface area contributed by atoms with E-state index in [1.165, 1.54) is 0 Å². The zero-order valence-electron chi connectivity index (χ0n) is 10.3. The Morgan fingerprint density at radius 1 is 1.60 bits per heavy atom. The van der Waals surface area contributed by atoms with E-state index >= 15 is 0 Å². The molecule has 0 saturated heterocycles. The standard InChI is InChI=1S/C12H25NO2/c1-4-11(2,9-13)12(14)7-5-6-10(8-12)15-3/h10,14H,4-9,13H2,1-3H3. The number of rotatable bonds is 4. The van der Waals surface area contributed by atoms with Crippen LogP contribution in [0, 0.1) is 5.41 Å². The molecule has 3 atom stereocenters. The summed E-state index contributed by atoms with van der Waals surface area (Å²) in [5.41, 5.74) is 5.00. The average molecular weight is 215 g/mol. The molecule has 90 valence electrons. The van der Waals surface area contributed by atoms with Crippen molar-refractivity contribution < 1.29 is 9.84 Å². The van der Waals surface area contributed by atoms with Gasteiger partial charge in [-0.05, 0) is 25.7 Å². The number of ether oxygens (including phenoxy) is 1. The lowest BCUT2D eigenvalue weighted by molar-refractivity contribution is -0.132. The van der Waals surface area contributed by atoms with Crippen LogP contribution in [0.25, 0.3) is 0 Å². The molecule has 3 unspecified atom stereocenters. The van der Waals surface area contributed by atoms with Gasteiger partial charge in [0.05, 0.1) is 11.7 Å². The Bertz CT molecular complexity index is 204. The molecular formula is C12H25NO2. The van der Waals surface area contributed by atoms with Gasteiger partial charge >= 0.3 is 0 Å². The third-order valence-electron chi connectivity index (χ3n) is 4.37. The van der Waals surface area contributed by atoms with E-state index in [0.717, 1.165) is 32.1 Å². The molecular weight excluding hydrogens is 190 g/mol. The van der Waals surface area contributed by atoms with Crippen LogP contribution in [0.1, 0.15) is 46.0 Å². The van der Waals surface area contributed by atoms with Gasteiger partial charge < -0.3 is 15.6 Å². The Kier molecular flexibility index (Phi) is 4.15. The van der Waals surface area contributed by atoms with Crippen molar-refractivity contribution in [3.63, 3.8) is 0 Å². The number of aliphatic hydroxyl groups is 1. The van der Waals surface area contributed by atoms with Gasteiger partial charge in [-0.2, -0.15) is 0 Å². The average Bonchev–Trinajstić information content (AvgIpc) is 2.27. The summed E-state index contributed by atoms with van der Waals surface area (Å²) in [6, 6.07) is 0. The lowest BCUT2D eigenvalue weighted by Crippen LogP contribution is -2.54. The minimum Gasteiger partial charge on any atom is -0.389 e. The van der Waals surface area contributed by atoms with Crippen LogP contribution >= 0.6 is 0 Å². The first kappa shape index (κ1) is 12.9. The van der Waals surface area contributed by atoms with Crippen LogP contribution in [-0.4, -0.2) is 30.5 Å². The number of hydrogen-bond acceptors (Lipinski definition) is 3. The summed E-state index contributed by atoms with van der Waals surface area (Å²) in [7, 11) is 1.72. The Morgan fingerprint density at radius 2 is 2.27 bits per heavy atom. The Labute approximate surface area is 93.0 Å². The maximum absolute atomic E-state index is 10.7. The molecule has 0 spiro atoms. The minimum atomic E-state index is -0.643. The highest BCUT2D eigenvalue weighted by Crippen LogP contribution is 2.44. The van der Waals surface area contributed by atoms with E-state index in [-0.39, 0.29) is 11.5 Å². The zero-order chi connectivity index (χ0) is 11.5. The van der Waals surface area contributed by atoms with Gasteiger partial charge in [-0.15, -0.1) is 0 Å². The van der Waals surface area contributed by atoms with Crippen LogP contribution in [0.3, 0.4) is 0 Å². The van der Waals surface area contributed by atoms with E-state index in [1.54, 1.807) is 7.11 Å². The third-order valence-corrected chi connectivity index (χ3v) is 4.37. The molecule has 3 nitrogen and oxygen atoms in total. The molecule has 1 saturated carbocycles. The minimum absolute atomic E-state index is 0.176. The molecule has 3 N–H and O–H groups in total. The largest absolute Gasteiger partial charge is 0.389 e. The Morgan fingerprint density at radius 3 is 2.73 bits per heavy atom. The molecule has 15 heavy (non-hydrogen) atoms. The monoisotopic (exact) mass is 215 g/mol. The van der Waals surface area contributed by atoms with Gasteiger partial charge in [0.15, 0.2) is 0 Å². The second-order valence-corrected chi connectivity index (χ2v) is 5.10. The fourth-order valence-electron chi connectivity index (χ4n) is 2.62. The van der Waals surface area contributed by atoms with Gasteiger partial charge in [-0.25, -0.2) is 0 Å². The molecule has 0 radical (unpaired) electrons. The molecule has 3 heteroatoms. The molecule has 1 rings (SSSR count). The van der Waals surface area contributed by atoms with Gasteiger partial charge in [-0.3, -0.25) is 0 Å². The maximum atomic E-state index is 10.7. The topological polar surface area (TPSA) is 55.5 Å². The molecule has 0 aliphatic heterocycles. The third kappa shape index (κ3) is 2.35. The molecule has 0 aromatic carbocycles. The second-order valence-electron chi connectivity index (χ2n) is 5.10. The van der Waals surface area contributed by atoms with Crippen molar-refractivity contribution in [3.05, 3.63) is 0 Å². The number of methoxy groups -OCH3 is 1. The lowest BCUT2D eigenvalue weighted by Gasteiger charge is -2.48. The van der Waals surface area contributed by atoms with Crippen molar-refractivity contribution in [1.29, 1.82) is 0 Å². The van der Waals surface area contributed by atoms with Gasteiger partial charge in [-0.1, -0.05) is 13.8 Å². The number of nitrogens with two attached hydrogens (primary N) is 1. The van der Waals surface area contributed by atoms with Crippen LogP contribution in [0.2, 0.25) is 0 Å². The van der Waals surface area contributed by atoms with Gasteiger partial charge in [0.2, 0.25) is 0 Å². The first-order valence-electron chi connectivity index (χ1n) is 5.96. The van der Waals surface area contributed by atoms with Crippen LogP contribution in [0.15, 0.2) is 0 Å². The van der Waals surface area contributed by atoms with E-state index in [1.807, 2.05) is 0 Å². The van der Waals surface area contributed by atoms with E-state index in [4.69, 9.17) is 10.5 Å². The van der Waals surface area contributed by atoms with Crippen LogP contribution in [0.5, 0.6) is 0 Å². The predicted molar refractivity (Wildman–Crippen MR) is 61.7 cm³/mol. The normalized spacial score (nSPS) is 36.2. The molecule has 0 aromatic heterocycles. The molecule has 1 aliphatic carbocycles. The van der Waals surface area contributed by atoms with Crippen LogP contribution in [0.4, 0.5) is 0 Å². The molecule has 0 bridgehead atoms. The van der Waals surface area contributed by atoms with Crippen molar-refractivity contribution in [2.75, 3.05) is 13.7 Å². The number of hydrogen-bond donors (Lipinski definition) is 2. The Hall–Kier alpha value is -0.120. The van der Waals surface area contributed by atoms with Crippen LogP contribution < -0.4 is 5.73 Å². The summed E-state index contributed by atoms with van der Waals surface area (Å²) in [5, 5.41) is 10.7. The fraction of sp³-hybridized carbons (Fsp3) is 1.00. The molecule has 0 aromatic rings. The van der Waals surface area contributed by atoms with E-state index in [2.05, 4.69) is 13.8 Å². The lowest BCUT2D eigenvalue weighted by atomic mass is 9.64. The summed E-state index contributed by atoms with van der Waals surface area (Å²) in [5.74, 6) is 0. The zero-order valence-corrected chi connectivity index (χ0v) is 10.3. The van der Waals surface area contributed by atoms with Gasteiger partial charge in [0, 0.05) is 25.5 Å². The summed E-state index contributed by atoms with van der Waals surface area (Å²) in [6.45, 7) is 4.72. The van der Waals surface area contributed by atoms with Crippen molar-refractivity contribution >= 4 is 0 Å². The van der Waals surface area contributed by atoms with Gasteiger partial charge in [0.25, 0.3) is 0 Å². The van der Waals surface area contributed by atoms with Crippen LogP contribution in [-0.2, 0) is 4.74 Å². The maximum Gasteiger partial charge on any atom is 0.0737 e. The quantitative estimate of drug-likeness (QED) is 0.750. The fourth-order valence-corrected chi connectivity index (χ4v) is 2.62. The summed E-state index contributed by atoms with van der Waals surface area (Å²) in [6.07, 6.45) is 4.78. The smallest absolute Gasteiger partial charge is 0.0737 e. The predicted octanol–water partition coefficient (Wildman–Crippen LogP) is 1.68. The molecule has 1 fully saturated rings. The van der Waals surface area contributed by atoms with Crippen molar-refractivity contribution in [2.45, 2.75) is 57.7 Å². The van der Waals surface area contributed by atoms with E-state index < -0.39 is 5.60 Å². The van der Waals surface area contributed by atoms with Gasteiger partial charge in [0.1, 0.15) is 0 Å². The summed E-state index contributed by atoms with van der Waals surface area (Å²) in [4.78, 5) is 0. The SMILES string of the molecule is CCC(C)(CN)C1(O)CCCC(OC)C1.